The van der Waals surface area contributed by atoms with Gasteiger partial charge in [-0.15, -0.1) is 11.6 Å². The Hall–Kier alpha value is -2.00. The third-order valence-corrected chi connectivity index (χ3v) is 3.38. The summed E-state index contributed by atoms with van der Waals surface area (Å²) in [6, 6.07) is 14.5. The minimum atomic E-state index is -0.445. The number of halogens is 1. The van der Waals surface area contributed by atoms with Crippen LogP contribution in [0.2, 0.25) is 0 Å². The minimum Gasteiger partial charge on any atom is -0.497 e. The molecule has 1 atom stereocenters. The molecule has 3 nitrogen and oxygen atoms in total. The second kappa shape index (κ2) is 5.76. The Morgan fingerprint density at radius 2 is 1.84 bits per heavy atom. The van der Waals surface area contributed by atoms with Crippen molar-refractivity contribution in [3.05, 3.63) is 65.2 Å². The molecule has 0 aliphatic rings. The molecule has 0 fully saturated rings. The van der Waals surface area contributed by atoms with Gasteiger partial charge in [0.1, 0.15) is 5.75 Å². The highest BCUT2D eigenvalue weighted by Gasteiger charge is 2.12. The van der Waals surface area contributed by atoms with Crippen LogP contribution in [0.15, 0.2) is 48.5 Å². The molecule has 0 aliphatic carbocycles. The van der Waals surface area contributed by atoms with Crippen molar-refractivity contribution in [2.24, 2.45) is 5.73 Å². The zero-order valence-corrected chi connectivity index (χ0v) is 11.2. The molecule has 98 valence electrons. The van der Waals surface area contributed by atoms with Gasteiger partial charge in [-0.25, -0.2) is 0 Å². The van der Waals surface area contributed by atoms with Gasteiger partial charge >= 0.3 is 0 Å². The summed E-state index contributed by atoms with van der Waals surface area (Å²) >= 11 is 6.42. The monoisotopic (exact) mass is 275 g/mol. The zero-order valence-electron chi connectivity index (χ0n) is 10.5. The van der Waals surface area contributed by atoms with E-state index in [1.54, 1.807) is 31.4 Å². The van der Waals surface area contributed by atoms with E-state index in [1.165, 1.54) is 0 Å². The molecule has 1 amide bonds. The fourth-order valence-corrected chi connectivity index (χ4v) is 2.09. The normalized spacial score (nSPS) is 11.9. The number of ether oxygens (including phenoxy) is 1. The van der Waals surface area contributed by atoms with E-state index in [2.05, 4.69) is 0 Å². The molecular formula is C15H14ClNO2. The molecule has 0 unspecified atom stereocenters. The van der Waals surface area contributed by atoms with Gasteiger partial charge in [0.05, 0.1) is 12.5 Å². The van der Waals surface area contributed by atoms with Crippen molar-refractivity contribution in [1.29, 1.82) is 0 Å². The summed E-state index contributed by atoms with van der Waals surface area (Å²) in [7, 11) is 1.62. The number of benzene rings is 2. The third kappa shape index (κ3) is 3.06. The van der Waals surface area contributed by atoms with Gasteiger partial charge in [-0.2, -0.15) is 0 Å². The number of alkyl halides is 1. The lowest BCUT2D eigenvalue weighted by atomic mass is 10.0. The summed E-state index contributed by atoms with van der Waals surface area (Å²) in [6.45, 7) is 0. The molecule has 0 spiro atoms. The summed E-state index contributed by atoms with van der Waals surface area (Å²) in [5, 5.41) is -0.294. The maximum Gasteiger partial charge on any atom is 0.248 e. The first kappa shape index (κ1) is 13.4. The molecule has 0 saturated carbocycles. The predicted molar refractivity (Wildman–Crippen MR) is 75.6 cm³/mol. The molecule has 2 rings (SSSR count). The largest absolute Gasteiger partial charge is 0.497 e. The molecule has 4 heteroatoms. The van der Waals surface area contributed by atoms with Gasteiger partial charge in [0.15, 0.2) is 0 Å². The Balaban J connectivity index is 2.27. The predicted octanol–water partition coefficient (Wildman–Crippen LogP) is 3.12. The molecule has 0 aromatic heterocycles. The van der Waals surface area contributed by atoms with Crippen LogP contribution in [0.5, 0.6) is 5.75 Å². The molecule has 2 aromatic rings. The fourth-order valence-electron chi connectivity index (χ4n) is 1.81. The van der Waals surface area contributed by atoms with Crippen LogP contribution in [-0.2, 0) is 0 Å². The van der Waals surface area contributed by atoms with Crippen LogP contribution in [0.25, 0.3) is 0 Å². The molecule has 2 aromatic carbocycles. The highest BCUT2D eigenvalue weighted by Crippen LogP contribution is 2.30. The van der Waals surface area contributed by atoms with Crippen molar-refractivity contribution in [3.63, 3.8) is 0 Å². The maximum atomic E-state index is 11.0. The summed E-state index contributed by atoms with van der Waals surface area (Å²) in [6.07, 6.45) is 0. The van der Waals surface area contributed by atoms with Crippen LogP contribution in [0.3, 0.4) is 0 Å². The zero-order chi connectivity index (χ0) is 13.8. The van der Waals surface area contributed by atoms with Crippen LogP contribution >= 0.6 is 11.6 Å². The quantitative estimate of drug-likeness (QED) is 0.872. The van der Waals surface area contributed by atoms with Gasteiger partial charge in [0, 0.05) is 5.56 Å². The van der Waals surface area contributed by atoms with Crippen molar-refractivity contribution in [3.8, 4) is 5.75 Å². The van der Waals surface area contributed by atoms with E-state index in [9.17, 15) is 4.79 Å². The number of rotatable bonds is 4. The first-order valence-electron chi connectivity index (χ1n) is 5.79. The van der Waals surface area contributed by atoms with E-state index in [4.69, 9.17) is 22.1 Å². The molecular weight excluding hydrogens is 262 g/mol. The van der Waals surface area contributed by atoms with E-state index in [-0.39, 0.29) is 5.38 Å². The Morgan fingerprint density at radius 3 is 2.42 bits per heavy atom. The Kier molecular flexibility index (Phi) is 4.07. The van der Waals surface area contributed by atoms with Crippen molar-refractivity contribution >= 4 is 17.5 Å². The maximum absolute atomic E-state index is 11.0. The fraction of sp³-hybridized carbons (Fsp3) is 0.133. The molecule has 0 aliphatic heterocycles. The molecule has 0 saturated heterocycles. The third-order valence-electron chi connectivity index (χ3n) is 2.87. The SMILES string of the molecule is COc1cccc([C@@H](Cl)c2ccc(C(N)=O)cc2)c1. The summed E-state index contributed by atoms with van der Waals surface area (Å²) in [4.78, 5) is 11.0. The average molecular weight is 276 g/mol. The number of carbonyl (C=O) groups is 1. The topological polar surface area (TPSA) is 52.3 Å². The molecule has 0 bridgehead atoms. The minimum absolute atomic E-state index is 0.294. The summed E-state index contributed by atoms with van der Waals surface area (Å²) in [5.74, 6) is 0.316. The van der Waals surface area contributed by atoms with E-state index in [0.29, 0.717) is 5.56 Å². The lowest BCUT2D eigenvalue weighted by Crippen LogP contribution is -2.10. The van der Waals surface area contributed by atoms with Crippen molar-refractivity contribution in [2.75, 3.05) is 7.11 Å². The lowest BCUT2D eigenvalue weighted by molar-refractivity contribution is 0.100. The van der Waals surface area contributed by atoms with E-state index in [1.807, 2.05) is 24.3 Å². The Morgan fingerprint density at radius 1 is 1.16 bits per heavy atom. The second-order valence-corrected chi connectivity index (χ2v) is 4.56. The molecule has 2 N–H and O–H groups in total. The summed E-state index contributed by atoms with van der Waals surface area (Å²) in [5.41, 5.74) is 7.51. The standard InChI is InChI=1S/C15H14ClNO2/c1-19-13-4-2-3-12(9-13)14(16)10-5-7-11(8-6-10)15(17)18/h2-9,14H,1H3,(H2,17,18)/t14-/m0/s1. The van der Waals surface area contributed by atoms with Gasteiger partial charge in [-0.1, -0.05) is 24.3 Å². The van der Waals surface area contributed by atoms with Crippen molar-refractivity contribution in [2.45, 2.75) is 5.38 Å². The van der Waals surface area contributed by atoms with E-state index in [0.717, 1.165) is 16.9 Å². The molecule has 0 heterocycles. The van der Waals surface area contributed by atoms with Crippen LogP contribution in [-0.4, -0.2) is 13.0 Å². The number of nitrogens with two attached hydrogens (primary N) is 1. The van der Waals surface area contributed by atoms with Crippen LogP contribution in [0.1, 0.15) is 26.9 Å². The average Bonchev–Trinajstić information content (AvgIpc) is 2.46. The highest BCUT2D eigenvalue weighted by atomic mass is 35.5. The van der Waals surface area contributed by atoms with Gasteiger partial charge in [0.2, 0.25) is 5.91 Å². The Labute approximate surface area is 117 Å². The first-order chi connectivity index (χ1) is 9.11. The first-order valence-corrected chi connectivity index (χ1v) is 6.23. The molecule has 19 heavy (non-hydrogen) atoms. The van der Waals surface area contributed by atoms with Gasteiger partial charge < -0.3 is 10.5 Å². The van der Waals surface area contributed by atoms with Crippen molar-refractivity contribution in [1.82, 2.24) is 0 Å². The summed E-state index contributed by atoms with van der Waals surface area (Å²) < 4.78 is 5.17. The lowest BCUT2D eigenvalue weighted by Gasteiger charge is -2.12. The number of primary amides is 1. The number of hydrogen-bond donors (Lipinski definition) is 1. The van der Waals surface area contributed by atoms with Crippen LogP contribution in [0, 0.1) is 0 Å². The number of amides is 1. The van der Waals surface area contributed by atoms with Gasteiger partial charge in [-0.3, -0.25) is 4.79 Å². The van der Waals surface area contributed by atoms with Gasteiger partial charge in [0.25, 0.3) is 0 Å². The van der Waals surface area contributed by atoms with Gasteiger partial charge in [-0.05, 0) is 35.4 Å². The highest BCUT2D eigenvalue weighted by molar-refractivity contribution is 6.22. The Bertz CT molecular complexity index is 581. The number of carbonyl (C=O) groups excluding carboxylic acids is 1. The second-order valence-electron chi connectivity index (χ2n) is 4.13. The van der Waals surface area contributed by atoms with Crippen LogP contribution < -0.4 is 10.5 Å². The van der Waals surface area contributed by atoms with E-state index < -0.39 is 5.91 Å². The number of hydrogen-bond acceptors (Lipinski definition) is 2. The van der Waals surface area contributed by atoms with E-state index >= 15 is 0 Å². The van der Waals surface area contributed by atoms with Crippen LogP contribution in [0.4, 0.5) is 0 Å². The molecule has 0 radical (unpaired) electrons. The number of methoxy groups -OCH3 is 1. The van der Waals surface area contributed by atoms with Crippen molar-refractivity contribution < 1.29 is 9.53 Å². The smallest absolute Gasteiger partial charge is 0.248 e.